The van der Waals surface area contributed by atoms with E-state index in [1.54, 1.807) is 17.8 Å². The highest BCUT2D eigenvalue weighted by Gasteiger charge is 2.26. The van der Waals surface area contributed by atoms with E-state index < -0.39 is 6.10 Å². The average Bonchev–Trinajstić information content (AvgIpc) is 3.18. The maximum absolute atomic E-state index is 12.3. The number of ether oxygens (including phenoxy) is 1. The molecule has 1 atom stereocenters. The van der Waals surface area contributed by atoms with Gasteiger partial charge in [0, 0.05) is 13.1 Å². The molecule has 0 saturated carbocycles. The molecule has 5 nitrogen and oxygen atoms in total. The lowest BCUT2D eigenvalue weighted by atomic mass is 10.3. The number of hydrogen-bond acceptors (Lipinski definition) is 3. The van der Waals surface area contributed by atoms with Crippen molar-refractivity contribution in [2.75, 3.05) is 13.1 Å². The lowest BCUT2D eigenvalue weighted by Gasteiger charge is -2.20. The normalized spacial score (nSPS) is 15.8. The summed E-state index contributed by atoms with van der Waals surface area (Å²) in [6.07, 6.45) is 3.21. The molecule has 1 unspecified atom stereocenters. The molecular weight excluding hydrogens is 302 g/mol. The van der Waals surface area contributed by atoms with Gasteiger partial charge in [-0.25, -0.2) is 4.68 Å². The fourth-order valence-corrected chi connectivity index (χ4v) is 2.72. The summed E-state index contributed by atoms with van der Waals surface area (Å²) >= 11 is 6.17. The first-order chi connectivity index (χ1) is 10.6. The van der Waals surface area contributed by atoms with Crippen LogP contribution in [-0.2, 0) is 4.79 Å². The first-order valence-corrected chi connectivity index (χ1v) is 7.79. The van der Waals surface area contributed by atoms with E-state index in [0.717, 1.165) is 31.6 Å². The summed E-state index contributed by atoms with van der Waals surface area (Å²) < 4.78 is 7.31. The van der Waals surface area contributed by atoms with E-state index in [4.69, 9.17) is 16.3 Å². The third-order valence-electron chi connectivity index (χ3n) is 3.71. The van der Waals surface area contributed by atoms with Crippen LogP contribution in [0, 0.1) is 0 Å². The predicted octanol–water partition coefficient (Wildman–Crippen LogP) is 2.92. The quantitative estimate of drug-likeness (QED) is 0.870. The summed E-state index contributed by atoms with van der Waals surface area (Å²) in [5, 5.41) is 4.71. The number of amides is 1. The Kier molecular flexibility index (Phi) is 4.34. The van der Waals surface area contributed by atoms with Crippen LogP contribution in [0.2, 0.25) is 5.02 Å². The monoisotopic (exact) mass is 319 g/mol. The summed E-state index contributed by atoms with van der Waals surface area (Å²) in [4.78, 5) is 14.1. The van der Waals surface area contributed by atoms with Gasteiger partial charge < -0.3 is 9.64 Å². The number of nitrogens with zero attached hydrogens (tertiary/aromatic N) is 3. The van der Waals surface area contributed by atoms with E-state index in [1.807, 2.05) is 35.2 Å². The van der Waals surface area contributed by atoms with Gasteiger partial charge in [-0.15, -0.1) is 5.10 Å². The van der Waals surface area contributed by atoms with Crippen LogP contribution in [-0.4, -0.2) is 39.8 Å². The van der Waals surface area contributed by atoms with Crippen molar-refractivity contribution < 1.29 is 9.53 Å². The van der Waals surface area contributed by atoms with E-state index >= 15 is 0 Å². The van der Waals surface area contributed by atoms with Crippen molar-refractivity contribution in [3.05, 3.63) is 41.6 Å². The van der Waals surface area contributed by atoms with Crippen molar-refractivity contribution in [1.29, 1.82) is 0 Å². The van der Waals surface area contributed by atoms with Crippen LogP contribution < -0.4 is 4.74 Å². The smallest absolute Gasteiger partial charge is 0.263 e. The molecule has 3 rings (SSSR count). The number of likely N-dealkylation sites (tertiary alicyclic amines) is 1. The van der Waals surface area contributed by atoms with E-state index in [1.165, 1.54) is 0 Å². The van der Waals surface area contributed by atoms with E-state index in [-0.39, 0.29) is 11.8 Å². The predicted molar refractivity (Wildman–Crippen MR) is 84.5 cm³/mol. The van der Waals surface area contributed by atoms with Gasteiger partial charge in [0.05, 0.1) is 11.9 Å². The molecule has 1 saturated heterocycles. The molecule has 6 heteroatoms. The van der Waals surface area contributed by atoms with Crippen molar-refractivity contribution in [3.63, 3.8) is 0 Å². The van der Waals surface area contributed by atoms with Gasteiger partial charge in [0.1, 0.15) is 5.02 Å². The zero-order chi connectivity index (χ0) is 15.5. The van der Waals surface area contributed by atoms with E-state index in [2.05, 4.69) is 5.10 Å². The molecule has 1 aromatic carbocycles. The Bertz CT molecular complexity index is 651. The van der Waals surface area contributed by atoms with Crippen molar-refractivity contribution in [3.8, 4) is 11.6 Å². The minimum absolute atomic E-state index is 0.0113. The second-order valence-corrected chi connectivity index (χ2v) is 5.76. The SMILES string of the molecule is CC(Oc1nn(-c2ccccc2)cc1Cl)C(=O)N1CCCC1. The topological polar surface area (TPSA) is 47.4 Å². The van der Waals surface area contributed by atoms with Crippen LogP contribution in [0.3, 0.4) is 0 Å². The summed E-state index contributed by atoms with van der Waals surface area (Å²) in [5.74, 6) is 0.272. The molecule has 1 aromatic heterocycles. The van der Waals surface area contributed by atoms with Gasteiger partial charge in [-0.3, -0.25) is 4.79 Å². The Hall–Kier alpha value is -2.01. The van der Waals surface area contributed by atoms with Crippen molar-refractivity contribution in [2.24, 2.45) is 0 Å². The molecule has 1 aliphatic heterocycles. The second kappa shape index (κ2) is 6.40. The summed E-state index contributed by atoms with van der Waals surface area (Å²) in [6.45, 7) is 3.34. The Balaban J connectivity index is 1.72. The zero-order valence-electron chi connectivity index (χ0n) is 12.4. The molecule has 0 N–H and O–H groups in total. The van der Waals surface area contributed by atoms with Crippen LogP contribution in [0.15, 0.2) is 36.5 Å². The summed E-state index contributed by atoms with van der Waals surface area (Å²) in [7, 11) is 0. The van der Waals surface area contributed by atoms with Gasteiger partial charge in [0.15, 0.2) is 6.10 Å². The maximum atomic E-state index is 12.3. The molecule has 0 aliphatic carbocycles. The van der Waals surface area contributed by atoms with Crippen LogP contribution in [0.25, 0.3) is 5.69 Å². The molecule has 1 amide bonds. The largest absolute Gasteiger partial charge is 0.462 e. The number of halogens is 1. The highest BCUT2D eigenvalue weighted by Crippen LogP contribution is 2.25. The number of para-hydroxylation sites is 1. The van der Waals surface area contributed by atoms with Gasteiger partial charge >= 0.3 is 0 Å². The fourth-order valence-electron chi connectivity index (χ4n) is 2.54. The third kappa shape index (κ3) is 3.09. The molecule has 2 aromatic rings. The van der Waals surface area contributed by atoms with Crippen LogP contribution >= 0.6 is 11.6 Å². The van der Waals surface area contributed by atoms with Crippen molar-refractivity contribution in [1.82, 2.24) is 14.7 Å². The molecule has 0 bridgehead atoms. The number of hydrogen-bond donors (Lipinski definition) is 0. The Labute approximate surface area is 134 Å². The summed E-state index contributed by atoms with van der Waals surface area (Å²) in [6, 6.07) is 9.62. The van der Waals surface area contributed by atoms with Gasteiger partial charge in [0.25, 0.3) is 11.8 Å². The van der Waals surface area contributed by atoms with Crippen LogP contribution in [0.5, 0.6) is 5.88 Å². The highest BCUT2D eigenvalue weighted by atomic mass is 35.5. The van der Waals surface area contributed by atoms with Crippen molar-refractivity contribution in [2.45, 2.75) is 25.9 Å². The first kappa shape index (κ1) is 14.9. The standard InChI is InChI=1S/C16H18ClN3O2/c1-12(16(21)19-9-5-6-10-19)22-15-14(17)11-20(18-15)13-7-3-2-4-8-13/h2-4,7-8,11-12H,5-6,9-10H2,1H3. The Morgan fingerprint density at radius 2 is 1.95 bits per heavy atom. The van der Waals surface area contributed by atoms with Crippen LogP contribution in [0.1, 0.15) is 19.8 Å². The Morgan fingerprint density at radius 1 is 1.27 bits per heavy atom. The molecule has 1 aliphatic rings. The minimum Gasteiger partial charge on any atom is -0.462 e. The second-order valence-electron chi connectivity index (χ2n) is 5.35. The molecule has 0 radical (unpaired) electrons. The number of benzene rings is 1. The van der Waals surface area contributed by atoms with Gasteiger partial charge in [-0.05, 0) is 31.9 Å². The number of aromatic nitrogens is 2. The molecule has 2 heterocycles. The minimum atomic E-state index is -0.588. The maximum Gasteiger partial charge on any atom is 0.263 e. The zero-order valence-corrected chi connectivity index (χ0v) is 13.2. The van der Waals surface area contributed by atoms with E-state index in [0.29, 0.717) is 5.02 Å². The average molecular weight is 320 g/mol. The molecule has 116 valence electrons. The number of rotatable bonds is 4. The Morgan fingerprint density at radius 3 is 2.64 bits per heavy atom. The number of carbonyl (C=O) groups is 1. The van der Waals surface area contributed by atoms with Gasteiger partial charge in [-0.2, -0.15) is 0 Å². The van der Waals surface area contributed by atoms with Crippen LogP contribution in [0.4, 0.5) is 0 Å². The third-order valence-corrected chi connectivity index (χ3v) is 3.97. The molecule has 22 heavy (non-hydrogen) atoms. The molecule has 1 fully saturated rings. The van der Waals surface area contributed by atoms with Crippen molar-refractivity contribution >= 4 is 17.5 Å². The first-order valence-electron chi connectivity index (χ1n) is 7.41. The fraction of sp³-hybridized carbons (Fsp3) is 0.375. The summed E-state index contributed by atoms with van der Waals surface area (Å²) in [5.41, 5.74) is 0.887. The van der Waals surface area contributed by atoms with Gasteiger partial charge in [-0.1, -0.05) is 29.8 Å². The highest BCUT2D eigenvalue weighted by molar-refractivity contribution is 6.31. The number of carbonyl (C=O) groups excluding carboxylic acids is 1. The molecular formula is C16H18ClN3O2. The lowest BCUT2D eigenvalue weighted by Crippen LogP contribution is -2.38. The lowest BCUT2D eigenvalue weighted by molar-refractivity contribution is -0.136. The van der Waals surface area contributed by atoms with Gasteiger partial charge in [0.2, 0.25) is 0 Å². The van der Waals surface area contributed by atoms with E-state index in [9.17, 15) is 4.79 Å². The molecule has 0 spiro atoms.